The van der Waals surface area contributed by atoms with Gasteiger partial charge in [0, 0.05) is 25.7 Å². The summed E-state index contributed by atoms with van der Waals surface area (Å²) in [4.78, 5) is 27.7. The summed E-state index contributed by atoms with van der Waals surface area (Å²) >= 11 is 0. The monoisotopic (exact) mass is 346 g/mol. The zero-order valence-electron chi connectivity index (χ0n) is 14.9. The largest absolute Gasteiger partial charge is 0.478 e. The van der Waals surface area contributed by atoms with Crippen LogP contribution in [0.15, 0.2) is 24.3 Å². The van der Waals surface area contributed by atoms with Gasteiger partial charge in [-0.1, -0.05) is 12.1 Å². The van der Waals surface area contributed by atoms with Gasteiger partial charge in [-0.15, -0.1) is 0 Å². The molecule has 1 N–H and O–H groups in total. The number of likely N-dealkylation sites (tertiary alicyclic amines) is 1. The van der Waals surface area contributed by atoms with Gasteiger partial charge in [-0.3, -0.25) is 9.69 Å². The minimum atomic E-state index is -0.900. The standard InChI is InChI=1S/C19H26N2O4/c1-13(2)21-16-6-8-20(9-7-17(16)25-12-18(21)22)11-14-4-3-5-15(10-14)19(23)24/h3-5,10,13,16-17H,6-9,11-12H2,1-2H3,(H,23,24)/t16-,17-/m0/s1. The van der Waals surface area contributed by atoms with Crippen molar-refractivity contribution in [3.05, 3.63) is 35.4 Å². The van der Waals surface area contributed by atoms with Crippen LogP contribution in [0.4, 0.5) is 0 Å². The predicted molar refractivity (Wildman–Crippen MR) is 93.4 cm³/mol. The number of nitrogens with zero attached hydrogens (tertiary/aromatic N) is 2. The first kappa shape index (κ1) is 17.9. The number of carbonyl (C=O) groups excluding carboxylic acids is 1. The number of carboxylic acid groups (broad SMARTS) is 1. The molecule has 6 nitrogen and oxygen atoms in total. The molecule has 0 aromatic heterocycles. The molecular weight excluding hydrogens is 320 g/mol. The van der Waals surface area contributed by atoms with Crippen molar-refractivity contribution in [1.82, 2.24) is 9.80 Å². The minimum absolute atomic E-state index is 0.0823. The van der Waals surface area contributed by atoms with Crippen molar-refractivity contribution in [2.24, 2.45) is 0 Å². The smallest absolute Gasteiger partial charge is 0.335 e. The van der Waals surface area contributed by atoms with E-state index in [1.807, 2.05) is 11.0 Å². The summed E-state index contributed by atoms with van der Waals surface area (Å²) in [6.45, 7) is 6.77. The molecule has 0 bridgehead atoms. The molecule has 0 spiro atoms. The summed E-state index contributed by atoms with van der Waals surface area (Å²) in [5, 5.41) is 9.14. The molecule has 2 heterocycles. The van der Waals surface area contributed by atoms with E-state index in [-0.39, 0.29) is 30.7 Å². The maximum atomic E-state index is 12.2. The van der Waals surface area contributed by atoms with Gasteiger partial charge in [0.1, 0.15) is 6.61 Å². The van der Waals surface area contributed by atoms with Gasteiger partial charge in [-0.25, -0.2) is 4.79 Å². The molecule has 2 aliphatic heterocycles. The SMILES string of the molecule is CC(C)N1C(=O)CO[C@H]2CCN(Cc3cccc(C(=O)O)c3)CC[C@@H]21. The summed E-state index contributed by atoms with van der Waals surface area (Å²) in [6.07, 6.45) is 1.86. The van der Waals surface area contributed by atoms with E-state index in [0.717, 1.165) is 38.0 Å². The number of carboxylic acids is 1. The van der Waals surface area contributed by atoms with Crippen molar-refractivity contribution in [2.45, 2.75) is 51.4 Å². The second-order valence-corrected chi connectivity index (χ2v) is 7.17. The Hall–Kier alpha value is -1.92. The molecule has 2 atom stereocenters. The molecule has 0 saturated carbocycles. The van der Waals surface area contributed by atoms with E-state index in [4.69, 9.17) is 9.84 Å². The first-order valence-corrected chi connectivity index (χ1v) is 8.93. The molecule has 0 aliphatic carbocycles. The Labute approximate surface area is 148 Å². The van der Waals surface area contributed by atoms with Gasteiger partial charge in [0.05, 0.1) is 17.7 Å². The Morgan fingerprint density at radius 1 is 1.32 bits per heavy atom. The third-order valence-electron chi connectivity index (χ3n) is 5.10. The van der Waals surface area contributed by atoms with E-state index in [1.165, 1.54) is 0 Å². The molecule has 25 heavy (non-hydrogen) atoms. The van der Waals surface area contributed by atoms with Crippen molar-refractivity contribution in [3.63, 3.8) is 0 Å². The Morgan fingerprint density at radius 3 is 2.80 bits per heavy atom. The highest BCUT2D eigenvalue weighted by Gasteiger charge is 2.39. The number of fused-ring (bicyclic) bond motifs is 1. The molecule has 3 rings (SSSR count). The molecule has 2 aliphatic rings. The first-order chi connectivity index (χ1) is 12.0. The second-order valence-electron chi connectivity index (χ2n) is 7.17. The predicted octanol–water partition coefficient (Wildman–Crippen LogP) is 1.98. The molecule has 1 aromatic carbocycles. The van der Waals surface area contributed by atoms with Crippen LogP contribution in [0, 0.1) is 0 Å². The van der Waals surface area contributed by atoms with Gasteiger partial charge in [0.15, 0.2) is 0 Å². The van der Waals surface area contributed by atoms with Crippen molar-refractivity contribution in [1.29, 1.82) is 0 Å². The highest BCUT2D eigenvalue weighted by Crippen LogP contribution is 2.26. The average Bonchev–Trinajstić information content (AvgIpc) is 2.77. The first-order valence-electron chi connectivity index (χ1n) is 8.93. The number of carbonyl (C=O) groups is 2. The fourth-order valence-corrected chi connectivity index (χ4v) is 3.96. The lowest BCUT2D eigenvalue weighted by atomic mass is 10.0. The number of morpholine rings is 1. The quantitative estimate of drug-likeness (QED) is 0.903. The van der Waals surface area contributed by atoms with Crippen molar-refractivity contribution < 1.29 is 19.4 Å². The van der Waals surface area contributed by atoms with Crippen LogP contribution in [0.5, 0.6) is 0 Å². The van der Waals surface area contributed by atoms with Crippen LogP contribution in [0.2, 0.25) is 0 Å². The lowest BCUT2D eigenvalue weighted by Gasteiger charge is -2.42. The summed E-state index contributed by atoms with van der Waals surface area (Å²) in [6, 6.07) is 7.42. The van der Waals surface area contributed by atoms with E-state index in [2.05, 4.69) is 18.7 Å². The molecule has 1 aromatic rings. The molecule has 136 valence electrons. The van der Waals surface area contributed by atoms with Crippen LogP contribution in [0.3, 0.4) is 0 Å². The Kier molecular flexibility index (Phi) is 5.39. The zero-order chi connectivity index (χ0) is 18.0. The number of rotatable bonds is 4. The van der Waals surface area contributed by atoms with Crippen LogP contribution in [0.25, 0.3) is 0 Å². The Morgan fingerprint density at radius 2 is 2.08 bits per heavy atom. The van der Waals surface area contributed by atoms with Crippen molar-refractivity contribution in [2.75, 3.05) is 19.7 Å². The second kappa shape index (κ2) is 7.54. The Bertz CT molecular complexity index is 646. The Balaban J connectivity index is 1.68. The topological polar surface area (TPSA) is 70.1 Å². The van der Waals surface area contributed by atoms with Crippen LogP contribution in [0.1, 0.15) is 42.6 Å². The molecule has 6 heteroatoms. The van der Waals surface area contributed by atoms with E-state index < -0.39 is 5.97 Å². The molecule has 0 unspecified atom stereocenters. The van der Waals surface area contributed by atoms with E-state index >= 15 is 0 Å². The normalized spacial score (nSPS) is 24.9. The van der Waals surface area contributed by atoms with Gasteiger partial charge in [-0.2, -0.15) is 0 Å². The highest BCUT2D eigenvalue weighted by atomic mass is 16.5. The number of amides is 1. The van der Waals surface area contributed by atoms with Crippen molar-refractivity contribution >= 4 is 11.9 Å². The summed E-state index contributed by atoms with van der Waals surface area (Å²) in [5.41, 5.74) is 1.32. The fraction of sp³-hybridized carbons (Fsp3) is 0.579. The third kappa shape index (κ3) is 4.02. The molecule has 1 amide bonds. The number of aromatic carboxylic acids is 1. The number of ether oxygens (including phenoxy) is 1. The van der Waals surface area contributed by atoms with Crippen LogP contribution in [-0.4, -0.2) is 64.7 Å². The zero-order valence-corrected chi connectivity index (χ0v) is 14.9. The molecule has 2 fully saturated rings. The fourth-order valence-electron chi connectivity index (χ4n) is 3.96. The molecule has 0 radical (unpaired) electrons. The van der Waals surface area contributed by atoms with E-state index in [0.29, 0.717) is 5.56 Å². The average molecular weight is 346 g/mol. The summed E-state index contributed by atoms with van der Waals surface area (Å²) in [5.74, 6) is -0.818. The van der Waals surface area contributed by atoms with Crippen LogP contribution < -0.4 is 0 Å². The summed E-state index contributed by atoms with van der Waals surface area (Å²) in [7, 11) is 0. The number of hydrogen-bond acceptors (Lipinski definition) is 4. The van der Waals surface area contributed by atoms with E-state index in [1.54, 1.807) is 18.2 Å². The van der Waals surface area contributed by atoms with Gasteiger partial charge in [0.25, 0.3) is 0 Å². The van der Waals surface area contributed by atoms with Gasteiger partial charge in [0.2, 0.25) is 5.91 Å². The number of hydrogen-bond donors (Lipinski definition) is 1. The lowest BCUT2D eigenvalue weighted by molar-refractivity contribution is -0.160. The maximum Gasteiger partial charge on any atom is 0.335 e. The molecule has 2 saturated heterocycles. The van der Waals surface area contributed by atoms with Crippen LogP contribution in [-0.2, 0) is 16.1 Å². The number of benzene rings is 1. The van der Waals surface area contributed by atoms with Gasteiger partial charge in [-0.05, 0) is 44.4 Å². The third-order valence-corrected chi connectivity index (χ3v) is 5.10. The van der Waals surface area contributed by atoms with Gasteiger partial charge >= 0.3 is 5.97 Å². The maximum absolute atomic E-state index is 12.2. The van der Waals surface area contributed by atoms with E-state index in [9.17, 15) is 9.59 Å². The molecular formula is C19H26N2O4. The highest BCUT2D eigenvalue weighted by molar-refractivity contribution is 5.87. The van der Waals surface area contributed by atoms with Gasteiger partial charge < -0.3 is 14.7 Å². The lowest BCUT2D eigenvalue weighted by Crippen LogP contribution is -2.56. The van der Waals surface area contributed by atoms with Crippen molar-refractivity contribution in [3.8, 4) is 0 Å². The van der Waals surface area contributed by atoms with Crippen LogP contribution >= 0.6 is 0 Å². The summed E-state index contributed by atoms with van der Waals surface area (Å²) < 4.78 is 5.81. The minimum Gasteiger partial charge on any atom is -0.478 e.